The van der Waals surface area contributed by atoms with Crippen LogP contribution in [-0.4, -0.2) is 30.5 Å². The highest BCUT2D eigenvalue weighted by molar-refractivity contribution is 6.06. The Morgan fingerprint density at radius 3 is 2.59 bits per heavy atom. The maximum absolute atomic E-state index is 13.0. The minimum Gasteiger partial charge on any atom is -0.351 e. The summed E-state index contributed by atoms with van der Waals surface area (Å²) in [4.78, 5) is 17.8. The predicted molar refractivity (Wildman–Crippen MR) is 115 cm³/mol. The van der Waals surface area contributed by atoms with Crippen molar-refractivity contribution in [1.29, 1.82) is 0 Å². The first kappa shape index (κ1) is 21.9. The van der Waals surface area contributed by atoms with Gasteiger partial charge in [-0.25, -0.2) is 0 Å². The van der Waals surface area contributed by atoms with Crippen LogP contribution in [0.3, 0.4) is 0 Å². The van der Waals surface area contributed by atoms with Gasteiger partial charge in [-0.15, -0.1) is 24.8 Å². The Morgan fingerprint density at radius 2 is 1.93 bits per heavy atom. The first-order chi connectivity index (χ1) is 12.0. The molecule has 1 aliphatic heterocycles. The Balaban J connectivity index is 0.00000131. The Kier molecular flexibility index (Phi) is 7.12. The number of pyridine rings is 1. The fourth-order valence-electron chi connectivity index (χ4n) is 3.73. The summed E-state index contributed by atoms with van der Waals surface area (Å²) in [5, 5.41) is 7.58. The second-order valence-electron chi connectivity index (χ2n) is 8.13. The minimum atomic E-state index is 0. The third-order valence-electron chi connectivity index (χ3n) is 5.71. The molecule has 0 unspecified atom stereocenters. The lowest BCUT2D eigenvalue weighted by Gasteiger charge is -2.34. The number of carbonyl (C=O) groups excluding carboxylic acids is 1. The number of halogens is 2. The number of amides is 1. The molecule has 2 aromatic rings. The number of nitrogens with one attached hydrogen (secondary N) is 2. The van der Waals surface area contributed by atoms with Gasteiger partial charge in [-0.2, -0.15) is 0 Å². The Labute approximate surface area is 173 Å². The van der Waals surface area contributed by atoms with Gasteiger partial charge in [0.15, 0.2) is 0 Å². The summed E-state index contributed by atoms with van der Waals surface area (Å²) < 4.78 is 0. The van der Waals surface area contributed by atoms with Gasteiger partial charge in [0, 0.05) is 23.5 Å². The standard InChI is InChI=1S/C21H27N3O.2ClH/c1-14-3-6-18-16(11-14)17(12-19(24-18)15-4-5-15)20(25)23-13-21(2)7-9-22-10-8-21;;/h3,6,11-12,15,22H,4-5,7-10,13H2,1-2H3,(H,23,25);2*1H. The summed E-state index contributed by atoms with van der Waals surface area (Å²) in [6, 6.07) is 8.23. The predicted octanol–water partition coefficient (Wildman–Crippen LogP) is 4.38. The number of hydrogen-bond donors (Lipinski definition) is 2. The van der Waals surface area contributed by atoms with Crippen LogP contribution in [0.4, 0.5) is 0 Å². The molecule has 1 aromatic heterocycles. The molecule has 0 atom stereocenters. The number of aromatic nitrogens is 1. The van der Waals surface area contributed by atoms with Gasteiger partial charge in [0.25, 0.3) is 5.91 Å². The van der Waals surface area contributed by atoms with E-state index in [0.29, 0.717) is 5.92 Å². The Morgan fingerprint density at radius 1 is 1.22 bits per heavy atom. The topological polar surface area (TPSA) is 54.0 Å². The molecule has 1 aliphatic carbocycles. The maximum Gasteiger partial charge on any atom is 0.252 e. The second-order valence-corrected chi connectivity index (χ2v) is 8.13. The van der Waals surface area contributed by atoms with Crippen molar-refractivity contribution in [1.82, 2.24) is 15.6 Å². The highest BCUT2D eigenvalue weighted by atomic mass is 35.5. The van der Waals surface area contributed by atoms with E-state index >= 15 is 0 Å². The maximum atomic E-state index is 13.0. The van der Waals surface area contributed by atoms with Crippen molar-refractivity contribution in [2.24, 2.45) is 5.41 Å². The number of rotatable bonds is 4. The molecule has 1 saturated carbocycles. The zero-order chi connectivity index (χ0) is 17.4. The third-order valence-corrected chi connectivity index (χ3v) is 5.71. The van der Waals surface area contributed by atoms with Crippen LogP contribution in [0.15, 0.2) is 24.3 Å². The lowest BCUT2D eigenvalue weighted by Crippen LogP contribution is -2.43. The van der Waals surface area contributed by atoms with E-state index < -0.39 is 0 Å². The van der Waals surface area contributed by atoms with Crippen molar-refractivity contribution in [3.8, 4) is 0 Å². The van der Waals surface area contributed by atoms with E-state index in [-0.39, 0.29) is 36.1 Å². The van der Waals surface area contributed by atoms with Crippen LogP contribution in [0, 0.1) is 12.3 Å². The minimum absolute atomic E-state index is 0. The number of fused-ring (bicyclic) bond motifs is 1. The average molecular weight is 410 g/mol. The van der Waals surface area contributed by atoms with Gasteiger partial charge in [0.2, 0.25) is 0 Å². The van der Waals surface area contributed by atoms with Crippen LogP contribution in [0.5, 0.6) is 0 Å². The molecular formula is C21H29Cl2N3O. The molecule has 0 bridgehead atoms. The van der Waals surface area contributed by atoms with Crippen LogP contribution in [-0.2, 0) is 0 Å². The van der Waals surface area contributed by atoms with Gasteiger partial charge in [-0.3, -0.25) is 9.78 Å². The van der Waals surface area contributed by atoms with Crippen molar-refractivity contribution in [2.45, 2.75) is 45.4 Å². The van der Waals surface area contributed by atoms with Gasteiger partial charge in [0.05, 0.1) is 11.1 Å². The molecule has 2 aliphatic rings. The molecule has 2 N–H and O–H groups in total. The molecule has 148 valence electrons. The van der Waals surface area contributed by atoms with Gasteiger partial charge >= 0.3 is 0 Å². The third kappa shape index (κ3) is 4.92. The molecule has 1 aromatic carbocycles. The molecule has 4 nitrogen and oxygen atoms in total. The first-order valence-electron chi connectivity index (χ1n) is 9.44. The van der Waals surface area contributed by atoms with Crippen molar-refractivity contribution in [2.75, 3.05) is 19.6 Å². The summed E-state index contributed by atoms with van der Waals surface area (Å²) in [5.41, 5.74) is 4.16. The highest BCUT2D eigenvalue weighted by Gasteiger charge is 2.29. The molecule has 0 spiro atoms. The molecule has 2 heterocycles. The van der Waals surface area contributed by atoms with Crippen LogP contribution in [0.1, 0.15) is 60.1 Å². The lowest BCUT2D eigenvalue weighted by molar-refractivity contribution is 0.0924. The van der Waals surface area contributed by atoms with Crippen LogP contribution >= 0.6 is 24.8 Å². The molecular weight excluding hydrogens is 381 g/mol. The number of carbonyl (C=O) groups is 1. The molecule has 1 amide bonds. The van der Waals surface area contributed by atoms with E-state index in [1.807, 2.05) is 12.1 Å². The SMILES string of the molecule is Cc1ccc2nc(C3CC3)cc(C(=O)NCC3(C)CCNCC3)c2c1.Cl.Cl. The highest BCUT2D eigenvalue weighted by Crippen LogP contribution is 2.40. The van der Waals surface area contributed by atoms with E-state index in [1.165, 1.54) is 12.8 Å². The molecule has 0 radical (unpaired) electrons. The van der Waals surface area contributed by atoms with Crippen LogP contribution in [0.25, 0.3) is 10.9 Å². The smallest absolute Gasteiger partial charge is 0.252 e. The summed E-state index contributed by atoms with van der Waals surface area (Å²) in [6.07, 6.45) is 4.60. The fourth-order valence-corrected chi connectivity index (χ4v) is 3.73. The van der Waals surface area contributed by atoms with Crippen LogP contribution in [0.2, 0.25) is 0 Å². The quantitative estimate of drug-likeness (QED) is 0.787. The van der Waals surface area contributed by atoms with Crippen molar-refractivity contribution in [3.63, 3.8) is 0 Å². The Bertz CT molecular complexity index is 814. The van der Waals surface area contributed by atoms with Gasteiger partial charge in [0.1, 0.15) is 0 Å². The van der Waals surface area contributed by atoms with E-state index in [4.69, 9.17) is 4.98 Å². The molecule has 6 heteroatoms. The van der Waals surface area contributed by atoms with E-state index in [9.17, 15) is 4.79 Å². The lowest BCUT2D eigenvalue weighted by atomic mass is 9.81. The van der Waals surface area contributed by atoms with Crippen molar-refractivity contribution >= 4 is 41.6 Å². The normalized spacial score (nSPS) is 18.3. The number of hydrogen-bond acceptors (Lipinski definition) is 3. The molecule has 2 fully saturated rings. The van der Waals surface area contributed by atoms with Gasteiger partial charge < -0.3 is 10.6 Å². The number of nitrogens with zero attached hydrogens (tertiary/aromatic N) is 1. The number of aryl methyl sites for hydroxylation is 1. The summed E-state index contributed by atoms with van der Waals surface area (Å²) in [6.45, 7) is 7.15. The zero-order valence-electron chi connectivity index (χ0n) is 16.0. The molecule has 1 saturated heterocycles. The monoisotopic (exact) mass is 409 g/mol. The van der Waals surface area contributed by atoms with E-state index in [1.54, 1.807) is 0 Å². The first-order valence-corrected chi connectivity index (χ1v) is 9.44. The van der Waals surface area contributed by atoms with Gasteiger partial charge in [-0.05, 0) is 69.3 Å². The molecule has 27 heavy (non-hydrogen) atoms. The van der Waals surface area contributed by atoms with E-state index in [2.05, 4.69) is 36.6 Å². The summed E-state index contributed by atoms with van der Waals surface area (Å²) in [7, 11) is 0. The zero-order valence-corrected chi connectivity index (χ0v) is 17.6. The number of piperidine rings is 1. The fraction of sp³-hybridized carbons (Fsp3) is 0.524. The largest absolute Gasteiger partial charge is 0.351 e. The van der Waals surface area contributed by atoms with Crippen LogP contribution < -0.4 is 10.6 Å². The average Bonchev–Trinajstić information content (AvgIpc) is 3.45. The summed E-state index contributed by atoms with van der Waals surface area (Å²) in [5.74, 6) is 0.582. The molecule has 4 rings (SSSR count). The second kappa shape index (κ2) is 8.76. The number of benzene rings is 1. The Hall–Kier alpha value is -1.36. The van der Waals surface area contributed by atoms with Crippen molar-refractivity contribution in [3.05, 3.63) is 41.1 Å². The van der Waals surface area contributed by atoms with Gasteiger partial charge in [-0.1, -0.05) is 18.6 Å². The summed E-state index contributed by atoms with van der Waals surface area (Å²) >= 11 is 0. The van der Waals surface area contributed by atoms with Crippen molar-refractivity contribution < 1.29 is 4.79 Å². The van der Waals surface area contributed by atoms with E-state index in [0.717, 1.165) is 60.2 Å².